The van der Waals surface area contributed by atoms with Crippen LogP contribution in [0, 0.1) is 6.92 Å². The van der Waals surface area contributed by atoms with Crippen LogP contribution in [-0.4, -0.2) is 40.2 Å². The summed E-state index contributed by atoms with van der Waals surface area (Å²) in [5.41, 5.74) is 1.80. The van der Waals surface area contributed by atoms with E-state index in [1.165, 1.54) is 17.8 Å². The van der Waals surface area contributed by atoms with Gasteiger partial charge in [0.05, 0.1) is 22.2 Å². The Morgan fingerprint density at radius 2 is 2.08 bits per heavy atom. The standard InChI is InChI=1S/C28H30N2O5S/c1-4-18-10-8-9-13-30(18)15-17-14-19-24(32)22(27-29-20-11-6-7-12-21(20)36-27)26(28(33)34-5-2)35-25(19)16(3)23(17)31/h6-7,11-12,14,18,31H,4-5,8-10,13,15H2,1-3H3. The molecule has 3 heterocycles. The van der Waals surface area contributed by atoms with Crippen molar-refractivity contribution in [1.29, 1.82) is 0 Å². The van der Waals surface area contributed by atoms with Crippen molar-refractivity contribution in [3.8, 4) is 16.3 Å². The van der Waals surface area contributed by atoms with Gasteiger partial charge in [-0.3, -0.25) is 9.69 Å². The number of carbonyl (C=O) groups is 1. The Balaban J connectivity index is 1.71. The van der Waals surface area contributed by atoms with E-state index in [1.807, 2.05) is 24.3 Å². The van der Waals surface area contributed by atoms with Crippen molar-refractivity contribution in [2.75, 3.05) is 13.2 Å². The number of ether oxygens (including phenoxy) is 1. The summed E-state index contributed by atoms with van der Waals surface area (Å²) in [5.74, 6) is -0.827. The fourth-order valence-electron chi connectivity index (χ4n) is 5.13. The molecule has 0 aliphatic carbocycles. The average molecular weight is 507 g/mol. The number of aromatic hydroxyl groups is 1. The zero-order valence-corrected chi connectivity index (χ0v) is 21.6. The van der Waals surface area contributed by atoms with Crippen LogP contribution in [0.4, 0.5) is 0 Å². The smallest absolute Gasteiger partial charge is 0.375 e. The van der Waals surface area contributed by atoms with Crippen molar-refractivity contribution in [3.63, 3.8) is 0 Å². The predicted molar refractivity (Wildman–Crippen MR) is 142 cm³/mol. The average Bonchev–Trinajstić information content (AvgIpc) is 3.31. The maximum absolute atomic E-state index is 14.0. The number of fused-ring (bicyclic) bond motifs is 2. The second kappa shape index (κ2) is 10.0. The van der Waals surface area contributed by atoms with Crippen LogP contribution in [0.5, 0.6) is 5.75 Å². The number of aromatic nitrogens is 1. The first-order valence-electron chi connectivity index (χ1n) is 12.5. The monoisotopic (exact) mass is 506 g/mol. The van der Waals surface area contributed by atoms with Crippen LogP contribution < -0.4 is 5.43 Å². The van der Waals surface area contributed by atoms with E-state index in [0.29, 0.717) is 34.1 Å². The zero-order valence-electron chi connectivity index (χ0n) is 20.8. The van der Waals surface area contributed by atoms with E-state index in [9.17, 15) is 14.7 Å². The van der Waals surface area contributed by atoms with E-state index >= 15 is 0 Å². The number of thiazole rings is 1. The van der Waals surface area contributed by atoms with Crippen LogP contribution in [0.3, 0.4) is 0 Å². The lowest BCUT2D eigenvalue weighted by atomic mass is 9.97. The molecule has 36 heavy (non-hydrogen) atoms. The Morgan fingerprint density at radius 1 is 1.28 bits per heavy atom. The highest BCUT2D eigenvalue weighted by Crippen LogP contribution is 2.36. The zero-order chi connectivity index (χ0) is 25.4. The van der Waals surface area contributed by atoms with Crippen molar-refractivity contribution in [1.82, 2.24) is 9.88 Å². The Labute approximate surface area is 213 Å². The number of hydrogen-bond donors (Lipinski definition) is 1. The highest BCUT2D eigenvalue weighted by molar-refractivity contribution is 7.21. The molecule has 1 saturated heterocycles. The summed E-state index contributed by atoms with van der Waals surface area (Å²) in [7, 11) is 0. The van der Waals surface area contributed by atoms with Crippen LogP contribution in [0.15, 0.2) is 39.5 Å². The second-order valence-corrected chi connectivity index (χ2v) is 10.3. The summed E-state index contributed by atoms with van der Waals surface area (Å²) in [4.78, 5) is 33.9. The van der Waals surface area contributed by atoms with Gasteiger partial charge in [0, 0.05) is 23.7 Å². The van der Waals surface area contributed by atoms with Gasteiger partial charge >= 0.3 is 5.97 Å². The third-order valence-corrected chi connectivity index (χ3v) is 8.08. The summed E-state index contributed by atoms with van der Waals surface area (Å²) in [6.07, 6.45) is 4.51. The maximum Gasteiger partial charge on any atom is 0.375 e. The Bertz CT molecular complexity index is 1470. The van der Waals surface area contributed by atoms with Gasteiger partial charge in [0.15, 0.2) is 0 Å². The first-order valence-corrected chi connectivity index (χ1v) is 13.3. The molecule has 188 valence electrons. The summed E-state index contributed by atoms with van der Waals surface area (Å²) in [6.45, 7) is 7.24. The normalized spacial score (nSPS) is 16.6. The van der Waals surface area contributed by atoms with Crippen molar-refractivity contribution in [3.05, 3.63) is 57.4 Å². The molecule has 1 N–H and O–H groups in total. The molecule has 2 aromatic carbocycles. The number of carbonyl (C=O) groups excluding carboxylic acids is 1. The van der Waals surface area contributed by atoms with Gasteiger partial charge in [-0.15, -0.1) is 11.3 Å². The Morgan fingerprint density at radius 3 is 2.83 bits per heavy atom. The molecule has 5 rings (SSSR count). The molecule has 1 fully saturated rings. The Hall–Kier alpha value is -3.23. The van der Waals surface area contributed by atoms with Gasteiger partial charge in [-0.1, -0.05) is 25.5 Å². The molecule has 8 heteroatoms. The molecule has 0 radical (unpaired) electrons. The van der Waals surface area contributed by atoms with E-state index in [-0.39, 0.29) is 34.7 Å². The van der Waals surface area contributed by atoms with Gasteiger partial charge in [0.2, 0.25) is 11.2 Å². The van der Waals surface area contributed by atoms with Crippen molar-refractivity contribution < 1.29 is 19.1 Å². The largest absolute Gasteiger partial charge is 0.507 e. The van der Waals surface area contributed by atoms with Gasteiger partial charge in [0.1, 0.15) is 21.9 Å². The lowest BCUT2D eigenvalue weighted by Crippen LogP contribution is -2.38. The molecule has 7 nitrogen and oxygen atoms in total. The molecular formula is C28H30N2O5S. The summed E-state index contributed by atoms with van der Waals surface area (Å²) in [6, 6.07) is 9.74. The molecule has 4 aromatic rings. The predicted octanol–water partition coefficient (Wildman–Crippen LogP) is 6.02. The number of benzene rings is 2. The Kier molecular flexibility index (Phi) is 6.81. The number of esters is 1. The van der Waals surface area contributed by atoms with E-state index in [1.54, 1.807) is 19.9 Å². The van der Waals surface area contributed by atoms with Crippen LogP contribution in [-0.2, 0) is 11.3 Å². The van der Waals surface area contributed by atoms with Crippen LogP contribution >= 0.6 is 11.3 Å². The third-order valence-electron chi connectivity index (χ3n) is 7.03. The van der Waals surface area contributed by atoms with Crippen molar-refractivity contribution in [2.45, 2.75) is 59.0 Å². The van der Waals surface area contributed by atoms with Crippen LogP contribution in [0.1, 0.15) is 61.2 Å². The maximum atomic E-state index is 14.0. The van der Waals surface area contributed by atoms with Crippen LogP contribution in [0.25, 0.3) is 31.8 Å². The fourth-order valence-corrected chi connectivity index (χ4v) is 6.14. The van der Waals surface area contributed by atoms with Gasteiger partial charge in [0.25, 0.3) is 0 Å². The molecule has 1 atom stereocenters. The molecule has 0 spiro atoms. The topological polar surface area (TPSA) is 92.9 Å². The molecule has 0 amide bonds. The van der Waals surface area contributed by atoms with Crippen LogP contribution in [0.2, 0.25) is 0 Å². The van der Waals surface area contributed by atoms with E-state index in [4.69, 9.17) is 9.15 Å². The minimum Gasteiger partial charge on any atom is -0.507 e. The molecule has 0 bridgehead atoms. The molecule has 0 saturated carbocycles. The fraction of sp³-hybridized carbons (Fsp3) is 0.393. The molecule has 1 aliphatic rings. The minimum atomic E-state index is -0.729. The van der Waals surface area contributed by atoms with Crippen molar-refractivity contribution >= 4 is 38.5 Å². The first kappa shape index (κ1) is 24.5. The number of nitrogens with zero attached hydrogens (tertiary/aromatic N) is 2. The molecule has 1 aliphatic heterocycles. The molecular weight excluding hydrogens is 476 g/mol. The minimum absolute atomic E-state index is 0.0913. The number of phenols is 1. The highest BCUT2D eigenvalue weighted by atomic mass is 32.1. The lowest BCUT2D eigenvalue weighted by molar-refractivity contribution is 0.0492. The first-order chi connectivity index (χ1) is 17.4. The number of para-hydroxylation sites is 1. The summed E-state index contributed by atoms with van der Waals surface area (Å²) < 4.78 is 12.2. The SMILES string of the molecule is CCOC(=O)c1oc2c(C)c(O)c(CN3CCCCC3CC)cc2c(=O)c1-c1nc2ccccc2s1. The number of hydrogen-bond acceptors (Lipinski definition) is 8. The highest BCUT2D eigenvalue weighted by Gasteiger charge is 2.28. The number of phenolic OH excluding ortho intramolecular Hbond substituents is 1. The lowest BCUT2D eigenvalue weighted by Gasteiger charge is -2.35. The van der Waals surface area contributed by atoms with E-state index < -0.39 is 5.97 Å². The van der Waals surface area contributed by atoms with E-state index in [0.717, 1.165) is 36.0 Å². The van der Waals surface area contributed by atoms with Gasteiger partial charge < -0.3 is 14.3 Å². The number of rotatable bonds is 6. The van der Waals surface area contributed by atoms with Gasteiger partial charge in [-0.2, -0.15) is 0 Å². The molecule has 2 aromatic heterocycles. The van der Waals surface area contributed by atoms with Crippen molar-refractivity contribution in [2.24, 2.45) is 0 Å². The summed E-state index contributed by atoms with van der Waals surface area (Å²) in [5, 5.41) is 11.8. The van der Waals surface area contributed by atoms with Gasteiger partial charge in [-0.05, 0) is 57.9 Å². The van der Waals surface area contributed by atoms with E-state index in [2.05, 4.69) is 16.8 Å². The third kappa shape index (κ3) is 4.29. The number of likely N-dealkylation sites (tertiary alicyclic amines) is 1. The quantitative estimate of drug-likeness (QED) is 0.319. The number of piperidine rings is 1. The summed E-state index contributed by atoms with van der Waals surface area (Å²) >= 11 is 1.33. The molecule has 1 unspecified atom stereocenters. The van der Waals surface area contributed by atoms with Gasteiger partial charge in [-0.25, -0.2) is 9.78 Å². The number of aryl methyl sites for hydroxylation is 1. The second-order valence-electron chi connectivity index (χ2n) is 9.26.